The van der Waals surface area contributed by atoms with Gasteiger partial charge in [0.15, 0.2) is 6.10 Å². The molecule has 0 bridgehead atoms. The normalized spacial score (nSPS) is 26.0. The number of pyridine rings is 1. The lowest BCUT2D eigenvalue weighted by molar-refractivity contribution is -0.162. The Morgan fingerprint density at radius 1 is 1.27 bits per heavy atom. The topological polar surface area (TPSA) is 140 Å². The average molecular weight is 510 g/mol. The lowest BCUT2D eigenvalue weighted by Gasteiger charge is -2.54. The Balaban J connectivity index is 1.43. The van der Waals surface area contributed by atoms with Crippen molar-refractivity contribution in [2.24, 2.45) is 5.41 Å². The van der Waals surface area contributed by atoms with Crippen LogP contribution in [0.3, 0.4) is 0 Å². The van der Waals surface area contributed by atoms with Gasteiger partial charge in [-0.1, -0.05) is 41.6 Å². The highest BCUT2D eigenvalue weighted by Crippen LogP contribution is 2.47. The van der Waals surface area contributed by atoms with E-state index >= 15 is 0 Å². The number of amides is 2. The highest BCUT2D eigenvalue weighted by atomic mass is 35.5. The van der Waals surface area contributed by atoms with Crippen LogP contribution in [0.15, 0.2) is 53.7 Å². The van der Waals surface area contributed by atoms with Crippen LogP contribution in [0.25, 0.3) is 0 Å². The van der Waals surface area contributed by atoms with E-state index in [1.165, 1.54) is 17.2 Å². The molecule has 2 aliphatic heterocycles. The van der Waals surface area contributed by atoms with Crippen molar-refractivity contribution in [3.05, 3.63) is 59.2 Å². The summed E-state index contributed by atoms with van der Waals surface area (Å²) in [4.78, 5) is 42.8. The Morgan fingerprint density at radius 3 is 2.73 bits per heavy atom. The van der Waals surface area contributed by atoms with Gasteiger partial charge in [0.2, 0.25) is 5.91 Å². The third-order valence-electron chi connectivity index (χ3n) is 5.58. The first kappa shape index (κ1) is 23.8. The van der Waals surface area contributed by atoms with Gasteiger partial charge in [-0.3, -0.25) is 14.4 Å². The number of nitrogens with zero attached hydrogens (tertiary/aromatic N) is 2. The Morgan fingerprint density at radius 2 is 2.06 bits per heavy atom. The third-order valence-corrected chi connectivity index (χ3v) is 8.53. The van der Waals surface area contributed by atoms with Crippen LogP contribution >= 0.6 is 35.1 Å². The number of thioether (sulfide) groups is 2. The maximum atomic E-state index is 12.7. The Labute approximate surface area is 202 Å². The number of aliphatic hydroxyl groups is 2. The minimum atomic E-state index is -1.60. The molecule has 0 radical (unpaired) electrons. The number of hydrogen-bond donors (Lipinski definition) is 4. The lowest BCUT2D eigenvalue weighted by atomic mass is 9.87. The van der Waals surface area contributed by atoms with Crippen LogP contribution in [-0.2, 0) is 14.4 Å². The molecule has 2 saturated heterocycles. The van der Waals surface area contributed by atoms with Crippen LogP contribution in [0.2, 0.25) is 5.02 Å². The molecular formula is C21H20ClN3O6S2. The smallest absolute Gasteiger partial charge is 0.315 e. The monoisotopic (exact) mass is 509 g/mol. The molecule has 33 heavy (non-hydrogen) atoms. The van der Waals surface area contributed by atoms with Gasteiger partial charge in [0.05, 0.1) is 5.03 Å². The molecule has 0 saturated carbocycles. The summed E-state index contributed by atoms with van der Waals surface area (Å²) in [5.74, 6) is -2.42. The minimum Gasteiger partial charge on any atom is -0.481 e. The fourth-order valence-electron chi connectivity index (χ4n) is 3.68. The number of benzene rings is 1. The van der Waals surface area contributed by atoms with Crippen LogP contribution in [0.1, 0.15) is 11.7 Å². The summed E-state index contributed by atoms with van der Waals surface area (Å²) in [6, 6.07) is 10.4. The van der Waals surface area contributed by atoms with Crippen molar-refractivity contribution < 1.29 is 29.7 Å². The molecule has 174 valence electrons. The van der Waals surface area contributed by atoms with Crippen LogP contribution in [0.4, 0.5) is 0 Å². The van der Waals surface area contributed by atoms with E-state index in [9.17, 15) is 29.7 Å². The molecule has 4 rings (SSSR count). The Hall–Kier alpha value is -2.31. The van der Waals surface area contributed by atoms with Gasteiger partial charge in [0.1, 0.15) is 22.3 Å². The summed E-state index contributed by atoms with van der Waals surface area (Å²) in [5, 5.41) is 33.9. The number of aliphatic hydroxyl groups excluding tert-OH is 2. The molecule has 2 aromatic rings. The Bertz CT molecular complexity index is 1080. The van der Waals surface area contributed by atoms with E-state index in [0.29, 0.717) is 15.6 Å². The number of rotatable bonds is 7. The van der Waals surface area contributed by atoms with Crippen LogP contribution in [0.5, 0.6) is 0 Å². The molecular weight excluding hydrogens is 490 g/mol. The van der Waals surface area contributed by atoms with Crippen molar-refractivity contribution in [1.82, 2.24) is 15.2 Å². The largest absolute Gasteiger partial charge is 0.481 e. The number of carboxylic acid groups (broad SMARTS) is 1. The van der Waals surface area contributed by atoms with Gasteiger partial charge >= 0.3 is 5.97 Å². The van der Waals surface area contributed by atoms with Crippen molar-refractivity contribution >= 4 is 52.9 Å². The lowest BCUT2D eigenvalue weighted by Crippen LogP contribution is -2.74. The molecule has 2 aliphatic rings. The number of carbonyl (C=O) groups excluding carboxylic acids is 2. The quantitative estimate of drug-likeness (QED) is 0.247. The molecule has 3 heterocycles. The minimum absolute atomic E-state index is 0.0288. The molecule has 2 amide bonds. The van der Waals surface area contributed by atoms with Gasteiger partial charge in [0, 0.05) is 23.5 Å². The average Bonchev–Trinajstić information content (AvgIpc) is 2.81. The zero-order valence-corrected chi connectivity index (χ0v) is 19.4. The zero-order chi connectivity index (χ0) is 23.8. The second-order valence-corrected chi connectivity index (χ2v) is 10.4. The molecule has 1 aromatic heterocycles. The predicted octanol–water partition coefficient (Wildman–Crippen LogP) is 1.35. The molecule has 4 unspecified atom stereocenters. The number of carboxylic acids is 1. The summed E-state index contributed by atoms with van der Waals surface area (Å²) in [5.41, 5.74) is -2.65. The second kappa shape index (κ2) is 9.51. The van der Waals surface area contributed by atoms with E-state index in [1.54, 1.807) is 36.4 Å². The maximum absolute atomic E-state index is 12.7. The van der Waals surface area contributed by atoms with Crippen molar-refractivity contribution in [3.8, 4) is 0 Å². The van der Waals surface area contributed by atoms with Crippen molar-refractivity contribution in [3.63, 3.8) is 0 Å². The van der Waals surface area contributed by atoms with E-state index in [2.05, 4.69) is 10.3 Å². The van der Waals surface area contributed by atoms with Gasteiger partial charge < -0.3 is 25.5 Å². The van der Waals surface area contributed by atoms with E-state index in [4.69, 9.17) is 11.6 Å². The fourth-order valence-corrected chi connectivity index (χ4v) is 6.56. The molecule has 4 N–H and O–H groups in total. The summed E-state index contributed by atoms with van der Waals surface area (Å²) >= 11 is 7.98. The number of fused-ring (bicyclic) bond motifs is 1. The Kier molecular flexibility index (Phi) is 6.87. The maximum Gasteiger partial charge on any atom is 0.315 e. The highest BCUT2D eigenvalue weighted by molar-refractivity contribution is 8.01. The number of β-lactam (4-membered cyclic amide) rings is 1. The fraction of sp³-hybridized carbons (Fsp3) is 0.333. The number of nitrogens with one attached hydrogen (secondary N) is 1. The van der Waals surface area contributed by atoms with Gasteiger partial charge in [-0.2, -0.15) is 0 Å². The van der Waals surface area contributed by atoms with Crippen molar-refractivity contribution in [2.75, 3.05) is 12.3 Å². The predicted molar refractivity (Wildman–Crippen MR) is 122 cm³/mol. The SMILES string of the molecule is O=C(NC1C(=O)N2CC(C(=O)O)(C(O)Sc3ccccn3)CS[C@H]12)C(O)c1cccc(Cl)c1. The van der Waals surface area contributed by atoms with E-state index < -0.39 is 46.2 Å². The van der Waals surface area contributed by atoms with Crippen LogP contribution in [0, 0.1) is 5.41 Å². The van der Waals surface area contributed by atoms with Crippen LogP contribution < -0.4 is 5.32 Å². The number of aromatic nitrogens is 1. The first-order valence-electron chi connectivity index (χ1n) is 9.88. The number of aliphatic carboxylic acids is 1. The van der Waals surface area contributed by atoms with Crippen LogP contribution in [-0.4, -0.2) is 72.1 Å². The summed E-state index contributed by atoms with van der Waals surface area (Å²) in [6.45, 7) is -0.205. The van der Waals surface area contributed by atoms with E-state index in [0.717, 1.165) is 23.5 Å². The van der Waals surface area contributed by atoms with Gasteiger partial charge in [0.25, 0.3) is 5.91 Å². The molecule has 2 fully saturated rings. The summed E-state index contributed by atoms with van der Waals surface area (Å²) < 4.78 is 0. The number of hydrogen-bond acceptors (Lipinski definition) is 8. The van der Waals surface area contributed by atoms with Crippen molar-refractivity contribution in [1.29, 1.82) is 0 Å². The molecule has 5 atom stereocenters. The third kappa shape index (κ3) is 4.56. The van der Waals surface area contributed by atoms with Gasteiger partial charge in [-0.25, -0.2) is 4.98 Å². The van der Waals surface area contributed by atoms with E-state index in [-0.39, 0.29) is 12.3 Å². The van der Waals surface area contributed by atoms with E-state index in [1.807, 2.05) is 0 Å². The van der Waals surface area contributed by atoms with Gasteiger partial charge in [-0.15, -0.1) is 11.8 Å². The second-order valence-electron chi connectivity index (χ2n) is 7.71. The molecule has 0 aliphatic carbocycles. The molecule has 1 aromatic carbocycles. The molecule has 0 spiro atoms. The first-order valence-corrected chi connectivity index (χ1v) is 12.2. The summed E-state index contributed by atoms with van der Waals surface area (Å²) in [6.07, 6.45) is 0.0342. The zero-order valence-electron chi connectivity index (χ0n) is 17.0. The van der Waals surface area contributed by atoms with Gasteiger partial charge in [-0.05, 0) is 29.8 Å². The number of carbonyl (C=O) groups is 3. The highest BCUT2D eigenvalue weighted by Gasteiger charge is 2.60. The first-order chi connectivity index (χ1) is 15.7. The number of halogens is 1. The summed E-state index contributed by atoms with van der Waals surface area (Å²) in [7, 11) is 0. The molecule has 12 heteroatoms. The standard InChI is InChI=1S/C21H20ClN3O6S2/c22-12-5-3-4-11(8-12)15(26)16(27)24-14-17(28)25-9-21(19(29)30,10-32-18(14)25)20(31)33-13-6-1-2-7-23-13/h1-8,14-15,18,20,26,31H,9-10H2,(H,24,27)(H,29,30)/t14?,15?,18-,20?,21?/m1/s1. The van der Waals surface area contributed by atoms with Crippen molar-refractivity contribution in [2.45, 2.75) is 28.0 Å². The molecule has 9 nitrogen and oxygen atoms in total.